The molecule has 1 N–H and O–H groups in total. The Kier molecular flexibility index (Phi) is 5.77. The summed E-state index contributed by atoms with van der Waals surface area (Å²) in [4.78, 5) is 39.0. The number of carbonyl (C=O) groups is 3. The zero-order valence-electron chi connectivity index (χ0n) is 16.3. The summed E-state index contributed by atoms with van der Waals surface area (Å²) in [6.45, 7) is 6.23. The molecule has 1 aromatic heterocycles. The summed E-state index contributed by atoms with van der Waals surface area (Å²) in [5.41, 5.74) is 1.63. The number of carbonyl (C=O) groups excluding carboxylic acids is 3. The van der Waals surface area contributed by atoms with Crippen molar-refractivity contribution in [3.63, 3.8) is 0 Å². The molecular formula is C20H24N4O4. The normalized spacial score (nSPS) is 14.4. The third-order valence-corrected chi connectivity index (χ3v) is 4.58. The van der Waals surface area contributed by atoms with Crippen molar-refractivity contribution in [2.45, 2.75) is 46.2 Å². The van der Waals surface area contributed by atoms with Gasteiger partial charge >= 0.3 is 5.97 Å². The summed E-state index contributed by atoms with van der Waals surface area (Å²) in [6, 6.07) is 7.70. The zero-order valence-corrected chi connectivity index (χ0v) is 16.3. The smallest absolute Gasteiger partial charge is 0.338 e. The van der Waals surface area contributed by atoms with E-state index in [1.807, 2.05) is 19.9 Å². The van der Waals surface area contributed by atoms with E-state index < -0.39 is 12.0 Å². The topological polar surface area (TPSA) is 93.5 Å². The van der Waals surface area contributed by atoms with E-state index in [1.165, 1.54) is 4.90 Å². The van der Waals surface area contributed by atoms with E-state index in [2.05, 4.69) is 10.4 Å². The van der Waals surface area contributed by atoms with Gasteiger partial charge in [0.25, 0.3) is 0 Å². The minimum absolute atomic E-state index is 0.102. The number of esters is 1. The Morgan fingerprint density at radius 3 is 2.79 bits per heavy atom. The van der Waals surface area contributed by atoms with Crippen molar-refractivity contribution in [1.82, 2.24) is 9.78 Å². The van der Waals surface area contributed by atoms with Crippen LogP contribution in [0.5, 0.6) is 0 Å². The first-order chi connectivity index (χ1) is 13.4. The number of hydrogen-bond donors (Lipinski definition) is 1. The molecule has 28 heavy (non-hydrogen) atoms. The van der Waals surface area contributed by atoms with Gasteiger partial charge in [-0.1, -0.05) is 13.0 Å². The molecule has 1 aliphatic rings. The van der Waals surface area contributed by atoms with Crippen LogP contribution in [0, 0.1) is 6.92 Å². The minimum atomic E-state index is -0.672. The predicted molar refractivity (Wildman–Crippen MR) is 104 cm³/mol. The zero-order chi connectivity index (χ0) is 20.3. The highest BCUT2D eigenvalue weighted by Gasteiger charge is 2.34. The van der Waals surface area contributed by atoms with Crippen LogP contribution in [-0.4, -0.2) is 40.2 Å². The lowest BCUT2D eigenvalue weighted by molar-refractivity contribution is -0.124. The average Bonchev–Trinajstić information content (AvgIpc) is 3.05. The van der Waals surface area contributed by atoms with Gasteiger partial charge in [0.2, 0.25) is 11.8 Å². The maximum absolute atomic E-state index is 13.0. The molecule has 1 atom stereocenters. The van der Waals surface area contributed by atoms with Crippen molar-refractivity contribution >= 4 is 29.3 Å². The lowest BCUT2D eigenvalue weighted by Crippen LogP contribution is -2.50. The molecule has 2 aromatic rings. The Balaban J connectivity index is 1.82. The van der Waals surface area contributed by atoms with Crippen LogP contribution >= 0.6 is 0 Å². The van der Waals surface area contributed by atoms with Gasteiger partial charge in [-0.2, -0.15) is 5.10 Å². The first-order valence-electron chi connectivity index (χ1n) is 9.39. The Morgan fingerprint density at radius 2 is 2.07 bits per heavy atom. The molecular weight excluding hydrogens is 360 g/mol. The highest BCUT2D eigenvalue weighted by Crippen LogP contribution is 2.26. The van der Waals surface area contributed by atoms with E-state index in [-0.39, 0.29) is 18.4 Å². The second-order valence-electron chi connectivity index (χ2n) is 6.60. The van der Waals surface area contributed by atoms with E-state index in [9.17, 15) is 14.4 Å². The molecule has 3 rings (SSSR count). The Labute approximate surface area is 163 Å². The van der Waals surface area contributed by atoms with Gasteiger partial charge in [0, 0.05) is 18.2 Å². The number of aryl methyl sites for hydroxylation is 2. The number of anilines is 2. The summed E-state index contributed by atoms with van der Waals surface area (Å²) in [5, 5.41) is 7.20. The third kappa shape index (κ3) is 3.90. The number of aromatic nitrogens is 2. The standard InChI is InChI=1S/C20H24N4O4/c1-4-16(24-17-11-13(3)22-23(17)10-9-18(24)25)19(26)21-15-8-6-7-14(12-15)20(27)28-5-2/h6-8,11-12,16H,4-5,9-10H2,1-3H3,(H,21,26). The van der Waals surface area contributed by atoms with Crippen LogP contribution in [0.2, 0.25) is 0 Å². The van der Waals surface area contributed by atoms with E-state index in [0.29, 0.717) is 36.5 Å². The van der Waals surface area contributed by atoms with Gasteiger partial charge in [0.15, 0.2) is 0 Å². The first-order valence-corrected chi connectivity index (χ1v) is 9.39. The van der Waals surface area contributed by atoms with Crippen molar-refractivity contribution in [3.05, 3.63) is 41.6 Å². The Hall–Kier alpha value is -3.16. The molecule has 8 nitrogen and oxygen atoms in total. The number of hydrogen-bond acceptors (Lipinski definition) is 5. The first kappa shape index (κ1) is 19.6. The van der Waals surface area contributed by atoms with Gasteiger partial charge in [0.1, 0.15) is 11.9 Å². The van der Waals surface area contributed by atoms with Gasteiger partial charge in [-0.25, -0.2) is 9.48 Å². The van der Waals surface area contributed by atoms with Crippen molar-refractivity contribution in [2.75, 3.05) is 16.8 Å². The molecule has 1 aliphatic heterocycles. The lowest BCUT2D eigenvalue weighted by atomic mass is 10.1. The third-order valence-electron chi connectivity index (χ3n) is 4.58. The summed E-state index contributed by atoms with van der Waals surface area (Å²) < 4.78 is 6.75. The molecule has 8 heteroatoms. The quantitative estimate of drug-likeness (QED) is 0.773. The lowest BCUT2D eigenvalue weighted by Gasteiger charge is -2.33. The summed E-state index contributed by atoms with van der Waals surface area (Å²) in [5.74, 6) is -0.230. The number of fused-ring (bicyclic) bond motifs is 1. The van der Waals surface area contributed by atoms with Crippen LogP contribution in [-0.2, 0) is 20.9 Å². The number of ether oxygens (including phenoxy) is 1. The van der Waals surface area contributed by atoms with Crippen LogP contribution in [0.3, 0.4) is 0 Å². The van der Waals surface area contributed by atoms with Crippen LogP contribution < -0.4 is 10.2 Å². The predicted octanol–water partition coefficient (Wildman–Crippen LogP) is 2.52. The SMILES string of the molecule is CCOC(=O)c1cccc(NC(=O)C(CC)N2C(=O)CCn3nc(C)cc32)c1. The molecule has 1 unspecified atom stereocenters. The number of nitrogens with zero attached hydrogens (tertiary/aromatic N) is 3. The number of nitrogens with one attached hydrogen (secondary N) is 1. The van der Waals surface area contributed by atoms with Crippen LogP contribution in [0.4, 0.5) is 11.5 Å². The maximum atomic E-state index is 13.0. The number of benzene rings is 1. The van der Waals surface area contributed by atoms with Crippen LogP contribution in [0.15, 0.2) is 30.3 Å². The van der Waals surface area contributed by atoms with Crippen LogP contribution in [0.1, 0.15) is 42.7 Å². The molecule has 0 saturated heterocycles. The van der Waals surface area contributed by atoms with E-state index >= 15 is 0 Å². The average molecular weight is 384 g/mol. The second kappa shape index (κ2) is 8.24. The fraction of sp³-hybridized carbons (Fsp3) is 0.400. The van der Waals surface area contributed by atoms with Crippen molar-refractivity contribution in [1.29, 1.82) is 0 Å². The summed E-state index contributed by atoms with van der Waals surface area (Å²) in [7, 11) is 0. The molecule has 0 radical (unpaired) electrons. The van der Waals surface area contributed by atoms with Gasteiger partial charge in [0.05, 0.1) is 24.4 Å². The number of rotatable bonds is 6. The van der Waals surface area contributed by atoms with E-state index in [1.54, 1.807) is 35.9 Å². The molecule has 148 valence electrons. The summed E-state index contributed by atoms with van der Waals surface area (Å²) in [6.07, 6.45) is 0.746. The molecule has 0 aliphatic carbocycles. The van der Waals surface area contributed by atoms with Gasteiger partial charge in [-0.15, -0.1) is 0 Å². The Bertz CT molecular complexity index is 905. The van der Waals surface area contributed by atoms with Gasteiger partial charge in [-0.3, -0.25) is 14.5 Å². The molecule has 2 amide bonds. The van der Waals surface area contributed by atoms with Crippen molar-refractivity contribution in [3.8, 4) is 0 Å². The highest BCUT2D eigenvalue weighted by molar-refractivity contribution is 6.05. The summed E-state index contributed by atoms with van der Waals surface area (Å²) >= 11 is 0. The van der Waals surface area contributed by atoms with Gasteiger partial charge < -0.3 is 10.1 Å². The highest BCUT2D eigenvalue weighted by atomic mass is 16.5. The minimum Gasteiger partial charge on any atom is -0.462 e. The Morgan fingerprint density at radius 1 is 1.29 bits per heavy atom. The second-order valence-corrected chi connectivity index (χ2v) is 6.60. The largest absolute Gasteiger partial charge is 0.462 e. The molecule has 0 spiro atoms. The fourth-order valence-electron chi connectivity index (χ4n) is 3.32. The molecule has 0 saturated carbocycles. The molecule has 0 bridgehead atoms. The van der Waals surface area contributed by atoms with Gasteiger partial charge in [-0.05, 0) is 38.5 Å². The molecule has 1 aromatic carbocycles. The fourth-order valence-corrected chi connectivity index (χ4v) is 3.32. The molecule has 2 heterocycles. The van der Waals surface area contributed by atoms with Crippen LogP contribution in [0.25, 0.3) is 0 Å². The van der Waals surface area contributed by atoms with E-state index in [0.717, 1.165) is 5.69 Å². The monoisotopic (exact) mass is 384 g/mol. The van der Waals surface area contributed by atoms with Crippen molar-refractivity contribution < 1.29 is 19.1 Å². The molecule has 0 fully saturated rings. The number of amides is 2. The van der Waals surface area contributed by atoms with Crippen molar-refractivity contribution in [2.24, 2.45) is 0 Å². The van der Waals surface area contributed by atoms with E-state index in [4.69, 9.17) is 4.74 Å². The maximum Gasteiger partial charge on any atom is 0.338 e.